The number of benzene rings is 2. The van der Waals surface area contributed by atoms with Crippen molar-refractivity contribution in [1.29, 1.82) is 0 Å². The lowest BCUT2D eigenvalue weighted by Gasteiger charge is -2.30. The van der Waals surface area contributed by atoms with Gasteiger partial charge in [0, 0.05) is 41.8 Å². The average molecular weight is 533 g/mol. The van der Waals surface area contributed by atoms with Crippen molar-refractivity contribution in [2.75, 3.05) is 0 Å². The summed E-state index contributed by atoms with van der Waals surface area (Å²) in [5.41, 5.74) is 2.38. The molecule has 0 aliphatic heterocycles. The van der Waals surface area contributed by atoms with Gasteiger partial charge in [-0.25, -0.2) is 9.97 Å². The molecule has 0 aliphatic rings. The maximum Gasteiger partial charge on any atom is 0.251 e. The van der Waals surface area contributed by atoms with Crippen molar-refractivity contribution >= 4 is 34.1 Å². The Labute approximate surface area is 224 Å². The van der Waals surface area contributed by atoms with Gasteiger partial charge in [-0.3, -0.25) is 4.79 Å². The largest absolute Gasteiger partial charge is 0.374 e. The van der Waals surface area contributed by atoms with E-state index in [1.165, 1.54) is 0 Å². The van der Waals surface area contributed by atoms with Crippen molar-refractivity contribution in [1.82, 2.24) is 19.1 Å². The number of aromatic nitrogens is 4. The first kappa shape index (κ1) is 25.2. The maximum atomic E-state index is 13.3. The minimum Gasteiger partial charge on any atom is -0.374 e. The van der Waals surface area contributed by atoms with Crippen LogP contribution in [0.3, 0.4) is 0 Å². The predicted octanol–water partition coefficient (Wildman–Crippen LogP) is 6.04. The van der Waals surface area contributed by atoms with Gasteiger partial charge in [0.1, 0.15) is 5.15 Å². The lowest BCUT2D eigenvalue weighted by molar-refractivity contribution is 0.117. The van der Waals surface area contributed by atoms with Crippen molar-refractivity contribution in [3.63, 3.8) is 0 Å². The average Bonchev–Trinajstić information content (AvgIpc) is 3.31. The standard InChI is InChI=1S/C29H26Cl2N4O2/c1-18(2)16-35-25-9-7-20(12-24(25)23(13-28(35)36)19-5-4-6-22(30)11-19)29(37,26-15-32-17-34(26)3)21-8-10-27(31)33-14-21/h4-15,17-18,37H,16H2,1-3H3. The monoisotopic (exact) mass is 532 g/mol. The molecule has 0 bridgehead atoms. The minimum atomic E-state index is -1.58. The van der Waals surface area contributed by atoms with E-state index in [1.807, 2.05) is 43.4 Å². The summed E-state index contributed by atoms with van der Waals surface area (Å²) < 4.78 is 3.56. The molecule has 0 amide bonds. The number of hydrogen-bond acceptors (Lipinski definition) is 4. The molecule has 2 aromatic carbocycles. The molecule has 37 heavy (non-hydrogen) atoms. The lowest BCUT2D eigenvalue weighted by atomic mass is 9.83. The summed E-state index contributed by atoms with van der Waals surface area (Å²) in [6.07, 6.45) is 4.84. The van der Waals surface area contributed by atoms with E-state index in [1.54, 1.807) is 52.1 Å². The maximum absolute atomic E-state index is 13.3. The molecule has 0 saturated carbocycles. The van der Waals surface area contributed by atoms with Gasteiger partial charge in [0.25, 0.3) is 5.56 Å². The number of imidazole rings is 1. The van der Waals surface area contributed by atoms with Crippen LogP contribution in [0.25, 0.3) is 22.0 Å². The second-order valence-corrected chi connectivity index (χ2v) is 10.4. The third-order valence-corrected chi connectivity index (χ3v) is 7.00. The number of fused-ring (bicyclic) bond motifs is 1. The highest BCUT2D eigenvalue weighted by atomic mass is 35.5. The van der Waals surface area contributed by atoms with Gasteiger partial charge < -0.3 is 14.2 Å². The number of halogens is 2. The fourth-order valence-corrected chi connectivity index (χ4v) is 5.12. The molecule has 1 unspecified atom stereocenters. The molecule has 0 aliphatic carbocycles. The highest BCUT2D eigenvalue weighted by Gasteiger charge is 2.37. The van der Waals surface area contributed by atoms with Crippen molar-refractivity contribution in [3.05, 3.63) is 117 Å². The van der Waals surface area contributed by atoms with E-state index in [-0.39, 0.29) is 11.5 Å². The third kappa shape index (κ3) is 4.57. The second kappa shape index (κ2) is 9.78. The van der Waals surface area contributed by atoms with E-state index in [9.17, 15) is 9.90 Å². The number of aliphatic hydroxyl groups is 1. The highest BCUT2D eigenvalue weighted by molar-refractivity contribution is 6.31. The summed E-state index contributed by atoms with van der Waals surface area (Å²) >= 11 is 12.4. The van der Waals surface area contributed by atoms with Crippen LogP contribution >= 0.6 is 23.2 Å². The molecule has 0 fully saturated rings. The van der Waals surface area contributed by atoms with Gasteiger partial charge in [0.2, 0.25) is 0 Å². The Morgan fingerprint density at radius 2 is 1.78 bits per heavy atom. The second-order valence-electron chi connectivity index (χ2n) is 9.61. The zero-order valence-electron chi connectivity index (χ0n) is 20.7. The lowest BCUT2D eigenvalue weighted by Crippen LogP contribution is -2.31. The van der Waals surface area contributed by atoms with E-state index >= 15 is 0 Å². The minimum absolute atomic E-state index is 0.0901. The molecular weight excluding hydrogens is 507 g/mol. The molecule has 0 spiro atoms. The van der Waals surface area contributed by atoms with E-state index < -0.39 is 5.60 Å². The van der Waals surface area contributed by atoms with Crippen molar-refractivity contribution < 1.29 is 5.11 Å². The van der Waals surface area contributed by atoms with Crippen LogP contribution in [0.2, 0.25) is 10.2 Å². The van der Waals surface area contributed by atoms with Gasteiger partial charge >= 0.3 is 0 Å². The Hall–Kier alpha value is -3.45. The predicted molar refractivity (Wildman–Crippen MR) is 148 cm³/mol. The highest BCUT2D eigenvalue weighted by Crippen LogP contribution is 2.39. The Morgan fingerprint density at radius 1 is 1.00 bits per heavy atom. The van der Waals surface area contributed by atoms with Crippen LogP contribution in [-0.2, 0) is 19.2 Å². The Morgan fingerprint density at radius 3 is 2.43 bits per heavy atom. The van der Waals surface area contributed by atoms with Crippen LogP contribution in [0.5, 0.6) is 0 Å². The van der Waals surface area contributed by atoms with Gasteiger partial charge in [-0.1, -0.05) is 61.3 Å². The van der Waals surface area contributed by atoms with E-state index in [0.29, 0.717) is 33.5 Å². The first-order valence-corrected chi connectivity index (χ1v) is 12.7. The molecule has 8 heteroatoms. The molecule has 0 saturated heterocycles. The van der Waals surface area contributed by atoms with E-state index in [2.05, 4.69) is 23.8 Å². The van der Waals surface area contributed by atoms with Crippen LogP contribution < -0.4 is 5.56 Å². The molecule has 1 atom stereocenters. The summed E-state index contributed by atoms with van der Waals surface area (Å²) in [6, 6.07) is 18.2. The van der Waals surface area contributed by atoms with E-state index in [0.717, 1.165) is 22.0 Å². The number of nitrogens with zero attached hydrogens (tertiary/aromatic N) is 4. The molecule has 5 rings (SSSR count). The van der Waals surface area contributed by atoms with Gasteiger partial charge in [0.05, 0.1) is 23.7 Å². The molecule has 0 radical (unpaired) electrons. The molecular formula is C29H26Cl2N4O2. The molecule has 188 valence electrons. The molecule has 3 heterocycles. The van der Waals surface area contributed by atoms with Crippen molar-refractivity contribution in [2.45, 2.75) is 26.0 Å². The number of hydrogen-bond donors (Lipinski definition) is 1. The van der Waals surface area contributed by atoms with Gasteiger partial charge in [-0.15, -0.1) is 0 Å². The zero-order chi connectivity index (χ0) is 26.3. The fourth-order valence-electron chi connectivity index (χ4n) is 4.82. The Balaban J connectivity index is 1.85. The summed E-state index contributed by atoms with van der Waals surface area (Å²) in [5, 5.41) is 14.1. The van der Waals surface area contributed by atoms with Crippen LogP contribution in [0.1, 0.15) is 30.7 Å². The zero-order valence-corrected chi connectivity index (χ0v) is 22.2. The quantitative estimate of drug-likeness (QED) is 0.270. The van der Waals surface area contributed by atoms with Gasteiger partial charge in [-0.2, -0.15) is 0 Å². The first-order valence-electron chi connectivity index (χ1n) is 11.9. The van der Waals surface area contributed by atoms with Gasteiger partial charge in [-0.05, 0) is 52.9 Å². The first-order chi connectivity index (χ1) is 17.7. The summed E-state index contributed by atoms with van der Waals surface area (Å²) in [4.78, 5) is 21.7. The topological polar surface area (TPSA) is 72.9 Å². The van der Waals surface area contributed by atoms with Crippen LogP contribution in [-0.4, -0.2) is 24.2 Å². The Kier molecular flexibility index (Phi) is 6.67. The van der Waals surface area contributed by atoms with Crippen LogP contribution in [0.4, 0.5) is 0 Å². The van der Waals surface area contributed by atoms with Crippen LogP contribution in [0, 0.1) is 5.92 Å². The molecule has 5 aromatic rings. The smallest absolute Gasteiger partial charge is 0.251 e. The Bertz CT molecular complexity index is 1660. The summed E-state index contributed by atoms with van der Waals surface area (Å²) in [6.45, 7) is 4.72. The third-order valence-electron chi connectivity index (χ3n) is 6.55. The van der Waals surface area contributed by atoms with Crippen molar-refractivity contribution in [2.24, 2.45) is 13.0 Å². The number of rotatable bonds is 6. The molecule has 3 aromatic heterocycles. The van der Waals surface area contributed by atoms with Crippen molar-refractivity contribution in [3.8, 4) is 11.1 Å². The van der Waals surface area contributed by atoms with Gasteiger partial charge in [0.15, 0.2) is 5.60 Å². The molecule has 6 nitrogen and oxygen atoms in total. The summed E-state index contributed by atoms with van der Waals surface area (Å²) in [5.74, 6) is 0.268. The summed E-state index contributed by atoms with van der Waals surface area (Å²) in [7, 11) is 1.83. The normalized spacial score (nSPS) is 13.3. The van der Waals surface area contributed by atoms with E-state index in [4.69, 9.17) is 23.2 Å². The number of aryl methyl sites for hydroxylation is 1. The van der Waals surface area contributed by atoms with Crippen LogP contribution in [0.15, 0.2) is 84.2 Å². The SMILES string of the molecule is CC(C)Cn1c(=O)cc(-c2cccc(Cl)c2)c2cc(C(O)(c3ccc(Cl)nc3)c3cncn3C)ccc21. The number of pyridine rings is 2. The fraction of sp³-hybridized carbons (Fsp3) is 0.207. The molecule has 1 N–H and O–H groups in total.